The Kier molecular flexibility index (Phi) is 4.01. The molecule has 0 bridgehead atoms. The van der Waals surface area contributed by atoms with E-state index in [1.54, 1.807) is 10.9 Å². The number of nitroso groups, excluding NO2 is 1. The third-order valence-electron chi connectivity index (χ3n) is 2.69. The third kappa shape index (κ3) is 3.11. The minimum absolute atomic E-state index is 0.395. The van der Waals surface area contributed by atoms with Crippen molar-refractivity contribution in [3.8, 4) is 0 Å². The summed E-state index contributed by atoms with van der Waals surface area (Å²) in [7, 11) is 0. The number of rotatable bonds is 5. The molecule has 6 heteroatoms. The predicted octanol–water partition coefficient (Wildman–Crippen LogP) is 1.00. The van der Waals surface area contributed by atoms with Crippen LogP contribution in [0.1, 0.15) is 6.42 Å². The normalized spacial score (nSPS) is 17.5. The molecule has 1 saturated heterocycles. The number of nitrogens with zero attached hydrogens (tertiary/aromatic N) is 4. The molecule has 0 radical (unpaired) electrons. The Morgan fingerprint density at radius 2 is 2.19 bits per heavy atom. The molecule has 16 heavy (non-hydrogen) atoms. The molecule has 1 aromatic rings. The molecule has 0 amide bonds. The molecule has 0 unspecified atom stereocenters. The predicted molar refractivity (Wildman–Crippen MR) is 59.6 cm³/mol. The highest BCUT2D eigenvalue weighted by atomic mass is 16.5. The number of ether oxygens (including phenoxy) is 1. The summed E-state index contributed by atoms with van der Waals surface area (Å²) in [5, 5.41) is 6.88. The zero-order chi connectivity index (χ0) is 11.2. The van der Waals surface area contributed by atoms with Crippen LogP contribution in [0.15, 0.2) is 17.6 Å². The van der Waals surface area contributed by atoms with Gasteiger partial charge in [0.1, 0.15) is 5.69 Å². The van der Waals surface area contributed by atoms with E-state index in [4.69, 9.17) is 4.74 Å². The van der Waals surface area contributed by atoms with Crippen LogP contribution < -0.4 is 0 Å². The molecule has 88 valence electrons. The van der Waals surface area contributed by atoms with E-state index < -0.39 is 0 Å². The topological polar surface area (TPSA) is 59.7 Å². The van der Waals surface area contributed by atoms with Crippen molar-refractivity contribution in [1.29, 1.82) is 0 Å². The Morgan fingerprint density at radius 1 is 1.38 bits per heavy atom. The number of aryl methyl sites for hydroxylation is 1. The van der Waals surface area contributed by atoms with Crippen LogP contribution in [0.25, 0.3) is 0 Å². The van der Waals surface area contributed by atoms with Crippen molar-refractivity contribution in [2.45, 2.75) is 13.0 Å². The van der Waals surface area contributed by atoms with Crippen molar-refractivity contribution in [3.05, 3.63) is 17.3 Å². The largest absolute Gasteiger partial charge is 0.379 e. The molecule has 1 aliphatic heterocycles. The van der Waals surface area contributed by atoms with E-state index in [1.165, 1.54) is 6.20 Å². The van der Waals surface area contributed by atoms with E-state index in [9.17, 15) is 4.91 Å². The van der Waals surface area contributed by atoms with Crippen molar-refractivity contribution in [2.24, 2.45) is 5.18 Å². The van der Waals surface area contributed by atoms with Gasteiger partial charge in [-0.1, -0.05) is 0 Å². The number of aromatic nitrogens is 2. The van der Waals surface area contributed by atoms with Crippen molar-refractivity contribution < 1.29 is 4.74 Å². The molecule has 1 aromatic heterocycles. The van der Waals surface area contributed by atoms with Crippen molar-refractivity contribution in [1.82, 2.24) is 14.7 Å². The molecule has 2 rings (SSSR count). The smallest absolute Gasteiger partial charge is 0.145 e. The van der Waals surface area contributed by atoms with Gasteiger partial charge in [-0.2, -0.15) is 5.10 Å². The van der Waals surface area contributed by atoms with Gasteiger partial charge in [-0.25, -0.2) is 0 Å². The molecule has 0 spiro atoms. The van der Waals surface area contributed by atoms with Crippen LogP contribution in [0.3, 0.4) is 0 Å². The van der Waals surface area contributed by atoms with E-state index >= 15 is 0 Å². The first kappa shape index (κ1) is 11.2. The summed E-state index contributed by atoms with van der Waals surface area (Å²) in [6.07, 6.45) is 4.19. The Bertz CT molecular complexity index is 333. The number of hydrogen-bond donors (Lipinski definition) is 0. The Balaban J connectivity index is 1.68. The number of morpholine rings is 1. The maximum absolute atomic E-state index is 10.2. The minimum Gasteiger partial charge on any atom is -0.379 e. The highest BCUT2D eigenvalue weighted by Crippen LogP contribution is 2.08. The Labute approximate surface area is 94.2 Å². The van der Waals surface area contributed by atoms with E-state index in [1.807, 2.05) is 0 Å². The minimum atomic E-state index is 0.395. The van der Waals surface area contributed by atoms with Crippen LogP contribution in [-0.4, -0.2) is 47.5 Å². The van der Waals surface area contributed by atoms with Crippen LogP contribution in [0.4, 0.5) is 5.69 Å². The van der Waals surface area contributed by atoms with Gasteiger partial charge in [-0.3, -0.25) is 9.58 Å². The standard InChI is InChI=1S/C10H16N4O2/c15-12-10-8-11-14(9-10)3-1-2-13-4-6-16-7-5-13/h8-9H,1-7H2. The molecular weight excluding hydrogens is 208 g/mol. The first-order valence-electron chi connectivity index (χ1n) is 5.54. The van der Waals surface area contributed by atoms with E-state index in [-0.39, 0.29) is 0 Å². The second-order valence-electron chi connectivity index (χ2n) is 3.86. The lowest BCUT2D eigenvalue weighted by Gasteiger charge is -2.26. The fraction of sp³-hybridized carbons (Fsp3) is 0.700. The third-order valence-corrected chi connectivity index (χ3v) is 2.69. The fourth-order valence-corrected chi connectivity index (χ4v) is 1.80. The molecule has 0 aliphatic carbocycles. The maximum Gasteiger partial charge on any atom is 0.145 e. The van der Waals surface area contributed by atoms with Gasteiger partial charge in [0.05, 0.1) is 25.6 Å². The van der Waals surface area contributed by atoms with Crippen LogP contribution in [0.5, 0.6) is 0 Å². The van der Waals surface area contributed by atoms with E-state index in [0.29, 0.717) is 5.69 Å². The SMILES string of the molecule is O=Nc1cnn(CCCN2CCOCC2)c1. The van der Waals surface area contributed by atoms with Crippen LogP contribution in [0, 0.1) is 4.91 Å². The molecule has 0 atom stereocenters. The lowest BCUT2D eigenvalue weighted by molar-refractivity contribution is 0.0368. The van der Waals surface area contributed by atoms with Crippen LogP contribution >= 0.6 is 0 Å². The van der Waals surface area contributed by atoms with Gasteiger partial charge in [0, 0.05) is 26.2 Å². The molecule has 0 saturated carbocycles. The van der Waals surface area contributed by atoms with Crippen molar-refractivity contribution in [3.63, 3.8) is 0 Å². The summed E-state index contributed by atoms with van der Waals surface area (Å²) in [4.78, 5) is 12.6. The summed E-state index contributed by atoms with van der Waals surface area (Å²) >= 11 is 0. The fourth-order valence-electron chi connectivity index (χ4n) is 1.80. The molecule has 1 fully saturated rings. The second-order valence-corrected chi connectivity index (χ2v) is 3.86. The average Bonchev–Trinajstić information content (AvgIpc) is 2.78. The molecule has 0 N–H and O–H groups in total. The van der Waals surface area contributed by atoms with Crippen molar-refractivity contribution >= 4 is 5.69 Å². The average molecular weight is 224 g/mol. The molecule has 6 nitrogen and oxygen atoms in total. The van der Waals surface area contributed by atoms with Gasteiger partial charge in [0.25, 0.3) is 0 Å². The zero-order valence-electron chi connectivity index (χ0n) is 9.21. The monoisotopic (exact) mass is 224 g/mol. The Morgan fingerprint density at radius 3 is 2.88 bits per heavy atom. The van der Waals surface area contributed by atoms with Crippen LogP contribution in [0.2, 0.25) is 0 Å². The van der Waals surface area contributed by atoms with Crippen LogP contribution in [-0.2, 0) is 11.3 Å². The molecule has 2 heterocycles. The van der Waals surface area contributed by atoms with Gasteiger partial charge >= 0.3 is 0 Å². The summed E-state index contributed by atoms with van der Waals surface area (Å²) in [6.45, 7) is 5.57. The lowest BCUT2D eigenvalue weighted by Crippen LogP contribution is -2.37. The van der Waals surface area contributed by atoms with Gasteiger partial charge < -0.3 is 4.74 Å². The summed E-state index contributed by atoms with van der Waals surface area (Å²) in [5.74, 6) is 0. The van der Waals surface area contributed by atoms with Crippen molar-refractivity contribution in [2.75, 3.05) is 32.8 Å². The van der Waals surface area contributed by atoms with Gasteiger partial charge in [-0.05, 0) is 11.6 Å². The lowest BCUT2D eigenvalue weighted by atomic mass is 10.3. The van der Waals surface area contributed by atoms with Gasteiger partial charge in [-0.15, -0.1) is 4.91 Å². The first-order valence-corrected chi connectivity index (χ1v) is 5.54. The summed E-state index contributed by atoms with van der Waals surface area (Å²) in [5.41, 5.74) is 0.395. The van der Waals surface area contributed by atoms with E-state index in [2.05, 4.69) is 15.2 Å². The number of hydrogen-bond acceptors (Lipinski definition) is 5. The summed E-state index contributed by atoms with van der Waals surface area (Å²) in [6, 6.07) is 0. The second kappa shape index (κ2) is 5.72. The maximum atomic E-state index is 10.2. The van der Waals surface area contributed by atoms with Gasteiger partial charge in [0.2, 0.25) is 0 Å². The highest BCUT2D eigenvalue weighted by Gasteiger charge is 2.09. The first-order chi connectivity index (χ1) is 7.88. The van der Waals surface area contributed by atoms with Gasteiger partial charge in [0.15, 0.2) is 0 Å². The Hall–Kier alpha value is -1.27. The summed E-state index contributed by atoms with van der Waals surface area (Å²) < 4.78 is 7.04. The highest BCUT2D eigenvalue weighted by molar-refractivity contribution is 5.29. The molecule has 0 aromatic carbocycles. The molecule has 1 aliphatic rings. The zero-order valence-corrected chi connectivity index (χ0v) is 9.21. The van der Waals surface area contributed by atoms with E-state index in [0.717, 1.165) is 45.8 Å². The molecular formula is C10H16N4O2. The quantitative estimate of drug-likeness (QED) is 0.700.